The zero-order chi connectivity index (χ0) is 6.24. The first-order valence-corrected chi connectivity index (χ1v) is 2.95. The van der Waals surface area contributed by atoms with Gasteiger partial charge < -0.3 is 0 Å². The highest BCUT2D eigenvalue weighted by Gasteiger charge is 1.76. The molecule has 0 bridgehead atoms. The van der Waals surface area contributed by atoms with E-state index in [0.29, 0.717) is 0 Å². The second-order valence-electron chi connectivity index (χ2n) is 1.62. The van der Waals surface area contributed by atoms with Crippen molar-refractivity contribution in [2.75, 3.05) is 0 Å². The Hall–Kier alpha value is -0.520. The van der Waals surface area contributed by atoms with Crippen LogP contribution >= 0.6 is 0 Å². The van der Waals surface area contributed by atoms with Crippen LogP contribution in [0.1, 0.15) is 19.8 Å². The molecule has 0 aliphatic heterocycles. The maximum Gasteiger partial charge on any atom is -0.0311 e. The Balaban J connectivity index is 2.82. The van der Waals surface area contributed by atoms with Crippen molar-refractivity contribution in [2.45, 2.75) is 19.8 Å². The summed E-state index contributed by atoms with van der Waals surface area (Å²) in [6.45, 7) is 5.63. The van der Waals surface area contributed by atoms with Crippen LogP contribution in [0.15, 0.2) is 24.8 Å². The average Bonchev–Trinajstić information content (AvgIpc) is 1.81. The molecule has 0 aliphatic carbocycles. The van der Waals surface area contributed by atoms with E-state index in [1.54, 1.807) is 0 Å². The Morgan fingerprint density at radius 3 is 2.62 bits per heavy atom. The van der Waals surface area contributed by atoms with E-state index >= 15 is 0 Å². The molecule has 0 heterocycles. The van der Waals surface area contributed by atoms with Gasteiger partial charge in [-0.15, -0.1) is 6.58 Å². The van der Waals surface area contributed by atoms with Crippen molar-refractivity contribution >= 4 is 0 Å². The summed E-state index contributed by atoms with van der Waals surface area (Å²) in [6.07, 6.45) is 10.4. The lowest BCUT2D eigenvalue weighted by atomic mass is 10.2. The van der Waals surface area contributed by atoms with Gasteiger partial charge in [-0.1, -0.05) is 18.2 Å². The van der Waals surface area contributed by atoms with Gasteiger partial charge in [-0.2, -0.15) is 0 Å². The SMILES string of the molecule is C=CC[CH]C/C=C/C. The molecule has 0 unspecified atom stereocenters. The quantitative estimate of drug-likeness (QED) is 0.384. The van der Waals surface area contributed by atoms with Gasteiger partial charge in [0.05, 0.1) is 0 Å². The molecule has 0 saturated heterocycles. The molecular formula is C8H13. The third-order valence-electron chi connectivity index (χ3n) is 0.872. The first-order valence-electron chi connectivity index (χ1n) is 2.95. The van der Waals surface area contributed by atoms with Crippen molar-refractivity contribution in [1.29, 1.82) is 0 Å². The standard InChI is InChI=1S/C8H13/c1-3-5-7-8-6-4-2/h3-4,6-7H,1,5,8H2,2H3/b6-4+. The van der Waals surface area contributed by atoms with E-state index in [9.17, 15) is 0 Å². The van der Waals surface area contributed by atoms with Gasteiger partial charge in [0.2, 0.25) is 0 Å². The maximum atomic E-state index is 3.60. The van der Waals surface area contributed by atoms with Crippen molar-refractivity contribution in [1.82, 2.24) is 0 Å². The summed E-state index contributed by atoms with van der Waals surface area (Å²) >= 11 is 0. The van der Waals surface area contributed by atoms with Crippen LogP contribution in [0, 0.1) is 6.42 Å². The average molecular weight is 109 g/mol. The van der Waals surface area contributed by atoms with E-state index in [1.807, 2.05) is 13.0 Å². The summed E-state index contributed by atoms with van der Waals surface area (Å²) in [6, 6.07) is 0. The molecule has 0 fully saturated rings. The van der Waals surface area contributed by atoms with Crippen LogP contribution in [0.2, 0.25) is 0 Å². The minimum Gasteiger partial charge on any atom is -0.103 e. The predicted octanol–water partition coefficient (Wildman–Crippen LogP) is 2.73. The van der Waals surface area contributed by atoms with E-state index in [1.165, 1.54) is 0 Å². The minimum absolute atomic E-state index is 1.02. The molecule has 0 aromatic carbocycles. The zero-order valence-corrected chi connectivity index (χ0v) is 5.43. The van der Waals surface area contributed by atoms with Gasteiger partial charge in [0.15, 0.2) is 0 Å². The van der Waals surface area contributed by atoms with E-state index in [4.69, 9.17) is 0 Å². The molecule has 0 atom stereocenters. The van der Waals surface area contributed by atoms with Gasteiger partial charge in [0, 0.05) is 0 Å². The lowest BCUT2D eigenvalue weighted by Crippen LogP contribution is -1.67. The van der Waals surface area contributed by atoms with Crippen molar-refractivity contribution < 1.29 is 0 Å². The highest BCUT2D eigenvalue weighted by atomic mass is 13.8. The first kappa shape index (κ1) is 7.48. The van der Waals surface area contributed by atoms with E-state index < -0.39 is 0 Å². The van der Waals surface area contributed by atoms with Crippen LogP contribution in [0.25, 0.3) is 0 Å². The molecule has 0 aromatic rings. The van der Waals surface area contributed by atoms with Crippen molar-refractivity contribution in [3.63, 3.8) is 0 Å². The van der Waals surface area contributed by atoms with Gasteiger partial charge in [-0.05, 0) is 26.2 Å². The van der Waals surface area contributed by atoms with Crippen LogP contribution in [-0.4, -0.2) is 0 Å². The molecule has 45 valence electrons. The highest BCUT2D eigenvalue weighted by Crippen LogP contribution is 1.93. The van der Waals surface area contributed by atoms with Crippen LogP contribution in [0.3, 0.4) is 0 Å². The van der Waals surface area contributed by atoms with Crippen LogP contribution in [0.5, 0.6) is 0 Å². The summed E-state index contributed by atoms with van der Waals surface area (Å²) in [5, 5.41) is 0. The smallest absolute Gasteiger partial charge is 0.0311 e. The van der Waals surface area contributed by atoms with Crippen LogP contribution in [0.4, 0.5) is 0 Å². The Morgan fingerprint density at radius 2 is 2.12 bits per heavy atom. The second-order valence-corrected chi connectivity index (χ2v) is 1.62. The van der Waals surface area contributed by atoms with Crippen LogP contribution in [-0.2, 0) is 0 Å². The largest absolute Gasteiger partial charge is 0.103 e. The second kappa shape index (κ2) is 6.48. The molecule has 0 rings (SSSR count). The third-order valence-corrected chi connectivity index (χ3v) is 0.872. The number of allylic oxidation sites excluding steroid dienone is 3. The number of rotatable bonds is 4. The molecule has 0 aromatic heterocycles. The normalized spacial score (nSPS) is 10.1. The monoisotopic (exact) mass is 109 g/mol. The number of hydrogen-bond acceptors (Lipinski definition) is 0. The summed E-state index contributed by atoms with van der Waals surface area (Å²) in [5.41, 5.74) is 0. The van der Waals surface area contributed by atoms with Gasteiger partial charge in [0.1, 0.15) is 0 Å². The molecule has 0 aliphatic rings. The minimum atomic E-state index is 1.02. The Labute approximate surface area is 51.9 Å². The van der Waals surface area contributed by atoms with E-state index in [2.05, 4.69) is 25.2 Å². The summed E-state index contributed by atoms with van der Waals surface area (Å²) in [7, 11) is 0. The molecule has 0 spiro atoms. The fourth-order valence-electron chi connectivity index (χ4n) is 0.446. The zero-order valence-electron chi connectivity index (χ0n) is 5.43. The van der Waals surface area contributed by atoms with Crippen molar-refractivity contribution in [3.05, 3.63) is 31.2 Å². The van der Waals surface area contributed by atoms with Gasteiger partial charge in [-0.25, -0.2) is 0 Å². The summed E-state index contributed by atoms with van der Waals surface area (Å²) in [4.78, 5) is 0. The van der Waals surface area contributed by atoms with Crippen molar-refractivity contribution in [2.24, 2.45) is 0 Å². The molecule has 0 saturated carbocycles. The molecule has 0 amide bonds. The molecule has 0 N–H and O–H groups in total. The number of hydrogen-bond donors (Lipinski definition) is 0. The third kappa shape index (κ3) is 5.48. The van der Waals surface area contributed by atoms with E-state index in [0.717, 1.165) is 12.8 Å². The fourth-order valence-corrected chi connectivity index (χ4v) is 0.446. The topological polar surface area (TPSA) is 0 Å². The molecular weight excluding hydrogens is 96.1 g/mol. The lowest BCUT2D eigenvalue weighted by molar-refractivity contribution is 1.10. The Kier molecular flexibility index (Phi) is 6.06. The predicted molar refractivity (Wildman–Crippen MR) is 38.5 cm³/mol. The maximum absolute atomic E-state index is 3.60. The fraction of sp³-hybridized carbons (Fsp3) is 0.375. The van der Waals surface area contributed by atoms with Gasteiger partial charge >= 0.3 is 0 Å². The van der Waals surface area contributed by atoms with Crippen LogP contribution < -0.4 is 0 Å². The lowest BCUT2D eigenvalue weighted by Gasteiger charge is -1.85. The van der Waals surface area contributed by atoms with Gasteiger partial charge in [-0.3, -0.25) is 0 Å². The molecule has 8 heavy (non-hydrogen) atoms. The Bertz CT molecular complexity index is 70.1. The summed E-state index contributed by atoms with van der Waals surface area (Å²) < 4.78 is 0. The molecule has 0 heteroatoms. The Morgan fingerprint density at radius 1 is 1.38 bits per heavy atom. The summed E-state index contributed by atoms with van der Waals surface area (Å²) in [5.74, 6) is 0. The molecule has 0 nitrogen and oxygen atoms in total. The van der Waals surface area contributed by atoms with Gasteiger partial charge in [0.25, 0.3) is 0 Å². The number of unbranched alkanes of at least 4 members (excludes halogenated alkanes) is 2. The molecule has 1 radical (unpaired) electrons. The van der Waals surface area contributed by atoms with E-state index in [-0.39, 0.29) is 0 Å². The first-order chi connectivity index (χ1) is 3.91. The van der Waals surface area contributed by atoms with Crippen molar-refractivity contribution in [3.8, 4) is 0 Å². The highest BCUT2D eigenvalue weighted by molar-refractivity contribution is 4.87.